The van der Waals surface area contributed by atoms with Crippen molar-refractivity contribution >= 4 is 0 Å². The Kier molecular flexibility index (Phi) is 4.98. The lowest BCUT2D eigenvalue weighted by molar-refractivity contribution is -0.0738. The lowest BCUT2D eigenvalue weighted by Crippen LogP contribution is -2.47. The van der Waals surface area contributed by atoms with Crippen molar-refractivity contribution in [1.29, 1.82) is 0 Å². The van der Waals surface area contributed by atoms with Crippen LogP contribution in [0.1, 0.15) is 50.0 Å². The zero-order valence-corrected chi connectivity index (χ0v) is 15.0. The van der Waals surface area contributed by atoms with Crippen LogP contribution in [0.2, 0.25) is 0 Å². The molecule has 3 aliphatic rings. The summed E-state index contributed by atoms with van der Waals surface area (Å²) in [4.78, 5) is 2.51. The van der Waals surface area contributed by atoms with Crippen molar-refractivity contribution in [3.63, 3.8) is 0 Å². The average molecular weight is 333 g/mol. The summed E-state index contributed by atoms with van der Waals surface area (Å²) in [5, 5.41) is 0. The minimum absolute atomic E-state index is 0.124. The first-order valence-electron chi connectivity index (χ1n) is 9.73. The third-order valence-electron chi connectivity index (χ3n) is 6.14. The highest BCUT2D eigenvalue weighted by Crippen LogP contribution is 2.42. The van der Waals surface area contributed by atoms with E-state index in [1.807, 2.05) is 6.92 Å². The first-order valence-corrected chi connectivity index (χ1v) is 9.73. The van der Waals surface area contributed by atoms with Crippen LogP contribution in [0.4, 0.5) is 0 Å². The van der Waals surface area contributed by atoms with Gasteiger partial charge in [-0.3, -0.25) is 4.90 Å². The molecule has 1 saturated carbocycles. The van der Waals surface area contributed by atoms with Crippen molar-refractivity contribution in [2.75, 3.05) is 32.9 Å². The molecular formula is C20H31NO3. The molecule has 2 aliphatic heterocycles. The lowest BCUT2D eigenvalue weighted by Gasteiger charge is -2.42. The maximum Gasteiger partial charge on any atom is 0.118 e. The van der Waals surface area contributed by atoms with E-state index in [0.717, 1.165) is 69.7 Å². The molecule has 1 aromatic rings. The molecule has 4 rings (SSSR count). The Hall–Kier alpha value is -0.840. The molecule has 4 nitrogen and oxygen atoms in total. The molecule has 1 aromatic heterocycles. The van der Waals surface area contributed by atoms with Crippen molar-refractivity contribution in [1.82, 2.24) is 4.90 Å². The highest BCUT2D eigenvalue weighted by molar-refractivity contribution is 5.06. The van der Waals surface area contributed by atoms with Gasteiger partial charge in [0.15, 0.2) is 0 Å². The van der Waals surface area contributed by atoms with Gasteiger partial charge >= 0.3 is 0 Å². The Balaban J connectivity index is 1.24. The Labute approximate surface area is 145 Å². The summed E-state index contributed by atoms with van der Waals surface area (Å²) in [6.45, 7) is 8.00. The molecule has 1 atom stereocenters. The van der Waals surface area contributed by atoms with Crippen molar-refractivity contribution in [3.05, 3.63) is 23.7 Å². The number of aryl methyl sites for hydroxylation is 1. The van der Waals surface area contributed by atoms with Gasteiger partial charge in [0, 0.05) is 32.9 Å². The van der Waals surface area contributed by atoms with Crippen LogP contribution >= 0.6 is 0 Å². The Morgan fingerprint density at radius 1 is 1.21 bits per heavy atom. The number of hydrogen-bond acceptors (Lipinski definition) is 4. The molecule has 0 N–H and O–H groups in total. The fourth-order valence-corrected chi connectivity index (χ4v) is 4.39. The van der Waals surface area contributed by atoms with E-state index in [0.29, 0.717) is 5.92 Å². The molecule has 134 valence electrons. The van der Waals surface area contributed by atoms with Crippen molar-refractivity contribution < 1.29 is 13.9 Å². The smallest absolute Gasteiger partial charge is 0.118 e. The van der Waals surface area contributed by atoms with Crippen molar-refractivity contribution in [2.45, 2.75) is 57.6 Å². The third kappa shape index (κ3) is 3.87. The standard InChI is InChI=1S/C20H31NO3/c1-16-2-5-19(24-16)14-21-10-8-20(9-11-21)18(7-13-23-20)6-12-22-15-17-3-4-17/h2,5,17-18H,3-4,6-15H2,1H3/t18-/m1/s1. The Morgan fingerprint density at radius 3 is 2.75 bits per heavy atom. The second-order valence-electron chi connectivity index (χ2n) is 7.99. The molecule has 0 aromatic carbocycles. The van der Waals surface area contributed by atoms with Crippen molar-refractivity contribution in [2.24, 2.45) is 11.8 Å². The van der Waals surface area contributed by atoms with Gasteiger partial charge in [0.05, 0.1) is 12.1 Å². The van der Waals surface area contributed by atoms with Gasteiger partial charge in [-0.15, -0.1) is 0 Å². The zero-order valence-electron chi connectivity index (χ0n) is 15.0. The van der Waals surface area contributed by atoms with Gasteiger partial charge in [-0.1, -0.05) is 0 Å². The monoisotopic (exact) mass is 333 g/mol. The summed E-state index contributed by atoms with van der Waals surface area (Å²) in [6.07, 6.45) is 7.44. The summed E-state index contributed by atoms with van der Waals surface area (Å²) < 4.78 is 17.9. The summed E-state index contributed by atoms with van der Waals surface area (Å²) in [7, 11) is 0. The van der Waals surface area contributed by atoms with Gasteiger partial charge in [0.1, 0.15) is 11.5 Å². The van der Waals surface area contributed by atoms with Gasteiger partial charge in [-0.05, 0) is 69.4 Å². The first-order chi connectivity index (χ1) is 11.7. The summed E-state index contributed by atoms with van der Waals surface area (Å²) in [5.74, 6) is 3.64. The van der Waals surface area contributed by atoms with Crippen LogP contribution in [-0.2, 0) is 16.0 Å². The average Bonchev–Trinajstić information content (AvgIpc) is 3.21. The summed E-state index contributed by atoms with van der Waals surface area (Å²) in [6, 6.07) is 4.16. The maximum atomic E-state index is 6.28. The van der Waals surface area contributed by atoms with E-state index in [9.17, 15) is 0 Å². The van der Waals surface area contributed by atoms with Crippen LogP contribution in [0.3, 0.4) is 0 Å². The zero-order chi connectivity index (χ0) is 16.4. The Morgan fingerprint density at radius 2 is 2.04 bits per heavy atom. The largest absolute Gasteiger partial charge is 0.465 e. The lowest BCUT2D eigenvalue weighted by atomic mass is 9.78. The van der Waals surface area contributed by atoms with Gasteiger partial charge in [-0.25, -0.2) is 0 Å². The number of rotatable bonds is 7. The molecule has 1 spiro atoms. The number of piperidine rings is 1. The number of furan rings is 1. The third-order valence-corrected chi connectivity index (χ3v) is 6.14. The molecule has 24 heavy (non-hydrogen) atoms. The van der Waals surface area contributed by atoms with E-state index < -0.39 is 0 Å². The first kappa shape index (κ1) is 16.6. The number of hydrogen-bond donors (Lipinski definition) is 0. The van der Waals surface area contributed by atoms with Crippen molar-refractivity contribution in [3.8, 4) is 0 Å². The van der Waals surface area contributed by atoms with Crippen LogP contribution < -0.4 is 0 Å². The molecule has 0 bridgehead atoms. The summed E-state index contributed by atoms with van der Waals surface area (Å²) >= 11 is 0. The second-order valence-corrected chi connectivity index (χ2v) is 7.99. The fraction of sp³-hybridized carbons (Fsp3) is 0.800. The molecule has 2 saturated heterocycles. The van der Waals surface area contributed by atoms with Crippen LogP contribution in [0.25, 0.3) is 0 Å². The van der Waals surface area contributed by atoms with E-state index in [1.54, 1.807) is 0 Å². The van der Waals surface area contributed by atoms with Crippen LogP contribution in [-0.4, -0.2) is 43.4 Å². The molecule has 0 amide bonds. The van der Waals surface area contributed by atoms with E-state index in [4.69, 9.17) is 13.9 Å². The van der Waals surface area contributed by atoms with Crippen LogP contribution in [0.5, 0.6) is 0 Å². The van der Waals surface area contributed by atoms with E-state index in [1.165, 1.54) is 25.7 Å². The minimum Gasteiger partial charge on any atom is -0.465 e. The molecule has 4 heteroatoms. The second kappa shape index (κ2) is 7.19. The summed E-state index contributed by atoms with van der Waals surface area (Å²) in [5.41, 5.74) is 0.124. The number of nitrogens with zero attached hydrogens (tertiary/aromatic N) is 1. The molecule has 1 aliphatic carbocycles. The highest BCUT2D eigenvalue weighted by Gasteiger charge is 2.45. The topological polar surface area (TPSA) is 34.8 Å². The van der Waals surface area contributed by atoms with E-state index in [-0.39, 0.29) is 5.60 Å². The van der Waals surface area contributed by atoms with E-state index in [2.05, 4.69) is 17.0 Å². The highest BCUT2D eigenvalue weighted by atomic mass is 16.5. The van der Waals surface area contributed by atoms with Crippen LogP contribution in [0.15, 0.2) is 16.5 Å². The molecule has 3 fully saturated rings. The minimum atomic E-state index is 0.124. The Bertz CT molecular complexity index is 529. The number of ether oxygens (including phenoxy) is 2. The predicted molar refractivity (Wildman–Crippen MR) is 92.9 cm³/mol. The fourth-order valence-electron chi connectivity index (χ4n) is 4.39. The quantitative estimate of drug-likeness (QED) is 0.711. The SMILES string of the molecule is Cc1ccc(CN2CCC3(CC2)OCC[C@H]3CCOCC2CC2)o1. The molecule has 3 heterocycles. The predicted octanol–water partition coefficient (Wildman–Crippen LogP) is 3.78. The van der Waals surface area contributed by atoms with E-state index >= 15 is 0 Å². The van der Waals surface area contributed by atoms with Gasteiger partial charge in [0.25, 0.3) is 0 Å². The van der Waals surface area contributed by atoms with Crippen LogP contribution in [0, 0.1) is 18.8 Å². The van der Waals surface area contributed by atoms with Gasteiger partial charge in [0.2, 0.25) is 0 Å². The van der Waals surface area contributed by atoms with Gasteiger partial charge < -0.3 is 13.9 Å². The molecule has 0 unspecified atom stereocenters. The molecular weight excluding hydrogens is 302 g/mol. The maximum absolute atomic E-state index is 6.28. The normalized spacial score (nSPS) is 27.1. The van der Waals surface area contributed by atoms with Gasteiger partial charge in [-0.2, -0.15) is 0 Å². The number of likely N-dealkylation sites (tertiary alicyclic amines) is 1. The molecule has 0 radical (unpaired) electrons.